The van der Waals surface area contributed by atoms with Gasteiger partial charge in [0.1, 0.15) is 16.0 Å². The molecule has 3 aromatic carbocycles. The highest BCUT2D eigenvalue weighted by atomic mass is 79.9. The van der Waals surface area contributed by atoms with E-state index in [1.54, 1.807) is 48.5 Å². The van der Waals surface area contributed by atoms with Gasteiger partial charge in [-0.2, -0.15) is 28.9 Å². The quantitative estimate of drug-likeness (QED) is 0.230. The van der Waals surface area contributed by atoms with E-state index in [0.717, 1.165) is 16.7 Å². The number of aromatic nitrogens is 2. The lowest BCUT2D eigenvalue weighted by Gasteiger charge is -2.14. The van der Waals surface area contributed by atoms with Crippen molar-refractivity contribution in [2.45, 2.75) is 25.7 Å². The lowest BCUT2D eigenvalue weighted by Crippen LogP contribution is -2.04. The summed E-state index contributed by atoms with van der Waals surface area (Å²) in [5.41, 5.74) is 10.4. The molecule has 0 spiro atoms. The van der Waals surface area contributed by atoms with Crippen LogP contribution in [0.25, 0.3) is 0 Å². The molecule has 4 aromatic rings. The molecule has 0 unspecified atom stereocenters. The van der Waals surface area contributed by atoms with Gasteiger partial charge < -0.3 is 15.8 Å². The number of rotatable bonds is 5. The molecule has 10 nitrogen and oxygen atoms in total. The first-order chi connectivity index (χ1) is 18.4. The van der Waals surface area contributed by atoms with Crippen LogP contribution in [-0.4, -0.2) is 22.9 Å². The Kier molecular flexibility index (Phi) is 9.22. The fourth-order valence-corrected chi connectivity index (χ4v) is 4.04. The number of nitriles is 2. The molecule has 1 heterocycles. The summed E-state index contributed by atoms with van der Waals surface area (Å²) >= 11 is 3.36. The van der Waals surface area contributed by atoms with Crippen molar-refractivity contribution in [1.29, 1.82) is 10.5 Å². The van der Waals surface area contributed by atoms with Crippen molar-refractivity contribution >= 4 is 43.5 Å². The summed E-state index contributed by atoms with van der Waals surface area (Å²) in [4.78, 5) is 8.53. The van der Waals surface area contributed by atoms with Crippen LogP contribution in [0.3, 0.4) is 0 Å². The number of nitrogens with zero attached hydrogens (tertiary/aromatic N) is 4. The molecule has 0 amide bonds. The molecule has 0 atom stereocenters. The fraction of sp³-hybridized carbons (Fsp3) is 0.111. The Bertz CT molecular complexity index is 1670. The molecule has 0 aliphatic rings. The first-order valence-electron chi connectivity index (χ1n) is 11.2. The Labute approximate surface area is 234 Å². The van der Waals surface area contributed by atoms with Gasteiger partial charge in [0.15, 0.2) is 0 Å². The van der Waals surface area contributed by atoms with Gasteiger partial charge in [0.05, 0.1) is 28.2 Å². The molecule has 0 fully saturated rings. The highest BCUT2D eigenvalue weighted by Crippen LogP contribution is 2.36. The minimum absolute atomic E-state index is 0.0666. The number of hydrogen-bond donors (Lipinski definition) is 3. The van der Waals surface area contributed by atoms with Crippen LogP contribution < -0.4 is 15.8 Å². The Morgan fingerprint density at radius 3 is 2.00 bits per heavy atom. The second kappa shape index (κ2) is 12.4. The van der Waals surface area contributed by atoms with Gasteiger partial charge in [0.25, 0.3) is 10.1 Å². The molecule has 0 bridgehead atoms. The van der Waals surface area contributed by atoms with E-state index in [9.17, 15) is 8.42 Å². The smallest absolute Gasteiger partial charge is 0.294 e. The van der Waals surface area contributed by atoms with Gasteiger partial charge in [-0.25, -0.2) is 0 Å². The van der Waals surface area contributed by atoms with E-state index in [1.165, 1.54) is 12.1 Å². The predicted octanol–water partition coefficient (Wildman–Crippen LogP) is 5.96. The van der Waals surface area contributed by atoms with Crippen LogP contribution in [0.5, 0.6) is 11.6 Å². The SMILES string of the molecule is Cc1cc(C#N)cc(C)c1Oc1nc(Nc2ccc(C#N)cc2)nc(N)c1Br.Cc1ccc(S(=O)(=O)O)cc1. The van der Waals surface area contributed by atoms with Crippen molar-refractivity contribution in [2.24, 2.45) is 0 Å². The van der Waals surface area contributed by atoms with Crippen molar-refractivity contribution in [2.75, 3.05) is 11.1 Å². The maximum atomic E-state index is 10.5. The maximum Gasteiger partial charge on any atom is 0.294 e. The number of ether oxygens (including phenoxy) is 1. The van der Waals surface area contributed by atoms with Gasteiger partial charge in [0, 0.05) is 5.69 Å². The van der Waals surface area contributed by atoms with Crippen molar-refractivity contribution in [3.63, 3.8) is 0 Å². The molecule has 1 aromatic heterocycles. The lowest BCUT2D eigenvalue weighted by molar-refractivity contribution is 0.453. The minimum Gasteiger partial charge on any atom is -0.437 e. The van der Waals surface area contributed by atoms with Crippen molar-refractivity contribution in [3.05, 3.63) is 93.0 Å². The van der Waals surface area contributed by atoms with Crippen molar-refractivity contribution in [3.8, 4) is 23.8 Å². The number of halogens is 1. The summed E-state index contributed by atoms with van der Waals surface area (Å²) in [6.07, 6.45) is 0. The van der Waals surface area contributed by atoms with Crippen LogP contribution in [-0.2, 0) is 10.1 Å². The summed E-state index contributed by atoms with van der Waals surface area (Å²) in [5.74, 6) is 1.32. The number of nitrogen functional groups attached to an aromatic ring is 1. The Morgan fingerprint density at radius 2 is 1.49 bits per heavy atom. The average molecular weight is 607 g/mol. The van der Waals surface area contributed by atoms with Crippen LogP contribution in [0, 0.1) is 43.4 Å². The number of anilines is 3. The standard InChI is InChI=1S/C20H15BrN6O.C7H8O3S/c1-11-7-14(10-23)8-12(2)17(11)28-19-16(21)18(24)26-20(27-19)25-15-5-3-13(9-22)4-6-15;1-6-2-4-7(5-3-6)11(8,9)10/h3-8H,1-2H3,(H3,24,25,26,27);2-5H,1H3,(H,8,9,10). The minimum atomic E-state index is -4.02. The van der Waals surface area contributed by atoms with Crippen LogP contribution in [0.1, 0.15) is 27.8 Å². The second-order valence-corrected chi connectivity index (χ2v) is 10.5. The zero-order valence-corrected chi connectivity index (χ0v) is 23.5. The third-order valence-corrected chi connectivity index (χ3v) is 6.84. The van der Waals surface area contributed by atoms with Crippen LogP contribution in [0.4, 0.5) is 17.5 Å². The first kappa shape index (κ1) is 29.1. The number of nitrogens with two attached hydrogens (primary N) is 1. The molecular weight excluding hydrogens is 584 g/mol. The van der Waals surface area contributed by atoms with Crippen LogP contribution in [0.15, 0.2) is 70.0 Å². The van der Waals surface area contributed by atoms with Crippen molar-refractivity contribution in [1.82, 2.24) is 9.97 Å². The molecule has 4 N–H and O–H groups in total. The maximum absolute atomic E-state index is 10.5. The van der Waals surface area contributed by atoms with Crippen molar-refractivity contribution < 1.29 is 17.7 Å². The summed E-state index contributed by atoms with van der Waals surface area (Å²) in [6.45, 7) is 5.56. The largest absolute Gasteiger partial charge is 0.437 e. The van der Waals surface area contributed by atoms with E-state index in [2.05, 4.69) is 43.4 Å². The van der Waals surface area contributed by atoms with E-state index in [1.807, 2.05) is 20.8 Å². The van der Waals surface area contributed by atoms with Gasteiger partial charge in [-0.15, -0.1) is 0 Å². The van der Waals surface area contributed by atoms with E-state index in [0.29, 0.717) is 27.0 Å². The first-order valence-corrected chi connectivity index (χ1v) is 13.5. The fourth-order valence-electron chi connectivity index (χ4n) is 3.31. The van der Waals surface area contributed by atoms with Gasteiger partial charge >= 0.3 is 0 Å². The highest BCUT2D eigenvalue weighted by molar-refractivity contribution is 9.10. The molecule has 0 radical (unpaired) electrons. The molecule has 0 saturated carbocycles. The summed E-state index contributed by atoms with van der Waals surface area (Å²) in [7, 11) is -4.02. The predicted molar refractivity (Wildman–Crippen MR) is 150 cm³/mol. The van der Waals surface area contributed by atoms with E-state index in [-0.39, 0.29) is 22.5 Å². The van der Waals surface area contributed by atoms with E-state index in [4.69, 9.17) is 25.5 Å². The number of benzene rings is 3. The lowest BCUT2D eigenvalue weighted by atomic mass is 10.1. The third kappa shape index (κ3) is 7.75. The molecule has 4 rings (SSSR count). The molecule has 0 aliphatic carbocycles. The topological polar surface area (TPSA) is 175 Å². The zero-order valence-electron chi connectivity index (χ0n) is 21.1. The summed E-state index contributed by atoms with van der Waals surface area (Å²) in [5, 5.41) is 21.0. The van der Waals surface area contributed by atoms with E-state index < -0.39 is 10.1 Å². The van der Waals surface area contributed by atoms with E-state index >= 15 is 0 Å². The summed E-state index contributed by atoms with van der Waals surface area (Å²) < 4.78 is 36.0. The molecule has 0 aliphatic heterocycles. The second-order valence-electron chi connectivity index (χ2n) is 8.31. The monoisotopic (exact) mass is 606 g/mol. The number of nitrogens with one attached hydrogen (secondary N) is 1. The number of hydrogen-bond acceptors (Lipinski definition) is 9. The Morgan fingerprint density at radius 1 is 0.923 bits per heavy atom. The van der Waals surface area contributed by atoms with Gasteiger partial charge in [-0.3, -0.25) is 4.55 Å². The molecule has 12 heteroatoms. The molecule has 198 valence electrons. The molecular formula is C27H23BrN6O4S. The third-order valence-electron chi connectivity index (χ3n) is 5.22. The zero-order chi connectivity index (χ0) is 28.7. The Hall–Kier alpha value is -4.49. The molecule has 39 heavy (non-hydrogen) atoms. The van der Waals surface area contributed by atoms with Crippen LogP contribution in [0.2, 0.25) is 0 Å². The van der Waals surface area contributed by atoms with Gasteiger partial charge in [-0.05, 0) is 96.4 Å². The van der Waals surface area contributed by atoms with Crippen LogP contribution >= 0.6 is 15.9 Å². The number of aryl methyl sites for hydroxylation is 3. The molecule has 0 saturated heterocycles. The van der Waals surface area contributed by atoms with Gasteiger partial charge in [-0.1, -0.05) is 17.7 Å². The average Bonchev–Trinajstić information content (AvgIpc) is 2.89. The van der Waals surface area contributed by atoms with Gasteiger partial charge in [0.2, 0.25) is 11.8 Å². The summed E-state index contributed by atoms with van der Waals surface area (Å²) in [6, 6.07) is 20.5. The highest BCUT2D eigenvalue weighted by Gasteiger charge is 2.16. The Balaban J connectivity index is 0.000000320. The normalized spacial score (nSPS) is 10.4.